The number of hydrogen-bond acceptors (Lipinski definition) is 7. The van der Waals surface area contributed by atoms with Crippen LogP contribution in [0.1, 0.15) is 36.2 Å². The van der Waals surface area contributed by atoms with Gasteiger partial charge in [0.25, 0.3) is 0 Å². The van der Waals surface area contributed by atoms with E-state index in [1.165, 1.54) is 22.7 Å². The number of halogens is 1. The number of fused-ring (bicyclic) bond motifs is 4. The number of aromatic amines is 1. The van der Waals surface area contributed by atoms with E-state index in [0.717, 1.165) is 49.6 Å². The van der Waals surface area contributed by atoms with Crippen molar-refractivity contribution in [1.29, 1.82) is 0 Å². The molecule has 0 radical (unpaired) electrons. The van der Waals surface area contributed by atoms with Crippen LogP contribution in [0.5, 0.6) is 0 Å². The molecule has 42 heavy (non-hydrogen) atoms. The molecule has 3 N–H and O–H groups in total. The van der Waals surface area contributed by atoms with Gasteiger partial charge in [-0.05, 0) is 50.9 Å². The highest BCUT2D eigenvalue weighted by Crippen LogP contribution is 2.31. The third kappa shape index (κ3) is 4.91. The number of nitrogens with zero attached hydrogens (tertiary/aromatic N) is 7. The first-order valence-corrected chi connectivity index (χ1v) is 14.4. The molecule has 0 saturated carbocycles. The van der Waals surface area contributed by atoms with Gasteiger partial charge in [-0.25, -0.2) is 14.2 Å². The summed E-state index contributed by atoms with van der Waals surface area (Å²) in [5, 5.41) is 12.6. The molecule has 5 aromatic rings. The highest BCUT2D eigenvalue weighted by molar-refractivity contribution is 5.85. The fourth-order valence-corrected chi connectivity index (χ4v) is 6.00. The molecule has 2 aliphatic rings. The van der Waals surface area contributed by atoms with Gasteiger partial charge in [-0.2, -0.15) is 14.6 Å². The molecule has 4 aromatic heterocycles. The Morgan fingerprint density at radius 3 is 2.79 bits per heavy atom. The summed E-state index contributed by atoms with van der Waals surface area (Å²) in [5.41, 5.74) is 5.50. The number of urea groups is 1. The quantitative estimate of drug-likeness (QED) is 0.295. The molecule has 12 heteroatoms. The Kier molecular flexibility index (Phi) is 6.69. The van der Waals surface area contributed by atoms with E-state index in [9.17, 15) is 9.18 Å². The van der Waals surface area contributed by atoms with Crippen molar-refractivity contribution in [1.82, 2.24) is 44.7 Å². The fraction of sp³-hybridized carbons (Fsp3) is 0.367. The average Bonchev–Trinajstić information content (AvgIpc) is 3.59. The number of likely N-dealkylation sites (N-methyl/N-ethyl adjacent to an activating group) is 1. The zero-order valence-corrected chi connectivity index (χ0v) is 23.6. The molecule has 1 fully saturated rings. The minimum atomic E-state index is -0.467. The van der Waals surface area contributed by atoms with Gasteiger partial charge >= 0.3 is 6.03 Å². The summed E-state index contributed by atoms with van der Waals surface area (Å²) < 4.78 is 15.8. The molecule has 2 unspecified atom stereocenters. The third-order valence-corrected chi connectivity index (χ3v) is 8.38. The van der Waals surface area contributed by atoms with Crippen LogP contribution in [0.15, 0.2) is 48.9 Å². The Labute approximate surface area is 242 Å². The lowest BCUT2D eigenvalue weighted by Gasteiger charge is -2.33. The van der Waals surface area contributed by atoms with Crippen LogP contribution in [0.25, 0.3) is 27.9 Å². The Morgan fingerprint density at radius 1 is 1.12 bits per heavy atom. The van der Waals surface area contributed by atoms with Gasteiger partial charge in [-0.15, -0.1) is 0 Å². The highest BCUT2D eigenvalue weighted by atomic mass is 19.1. The molecule has 7 rings (SSSR count). The van der Waals surface area contributed by atoms with Gasteiger partial charge < -0.3 is 25.4 Å². The van der Waals surface area contributed by atoms with E-state index in [2.05, 4.69) is 55.8 Å². The molecular weight excluding hydrogens is 535 g/mol. The van der Waals surface area contributed by atoms with Crippen molar-refractivity contribution < 1.29 is 9.18 Å². The SMILES string of the molecule is CC(NC(=O)N1CCN(C)CC1)c1cnn2c(NC3CCc4[nH]c5ccccc5c4C3)nc(-c3cncc(F)c3)nc12. The number of para-hydroxylation sites is 1. The van der Waals surface area contributed by atoms with E-state index in [4.69, 9.17) is 9.97 Å². The minimum Gasteiger partial charge on any atom is -0.358 e. The fourth-order valence-electron chi connectivity index (χ4n) is 6.00. The molecule has 1 aliphatic heterocycles. The number of piperazine rings is 1. The van der Waals surface area contributed by atoms with Crippen LogP contribution >= 0.6 is 0 Å². The average molecular weight is 569 g/mol. The lowest BCUT2D eigenvalue weighted by molar-refractivity contribution is 0.152. The van der Waals surface area contributed by atoms with Gasteiger partial charge in [0.15, 0.2) is 11.5 Å². The second kappa shape index (κ2) is 10.7. The van der Waals surface area contributed by atoms with Crippen molar-refractivity contribution in [3.63, 3.8) is 0 Å². The van der Waals surface area contributed by atoms with Gasteiger partial charge in [0, 0.05) is 66.1 Å². The smallest absolute Gasteiger partial charge is 0.317 e. The number of hydrogen-bond donors (Lipinski definition) is 3. The first-order chi connectivity index (χ1) is 20.4. The molecule has 1 saturated heterocycles. The first kappa shape index (κ1) is 26.3. The van der Waals surface area contributed by atoms with Gasteiger partial charge in [0.1, 0.15) is 5.82 Å². The van der Waals surface area contributed by atoms with Crippen LogP contribution in [0, 0.1) is 5.82 Å². The number of carbonyl (C=O) groups is 1. The third-order valence-electron chi connectivity index (χ3n) is 8.38. The number of benzene rings is 1. The van der Waals surface area contributed by atoms with Crippen molar-refractivity contribution in [3.8, 4) is 11.4 Å². The zero-order valence-electron chi connectivity index (χ0n) is 23.6. The summed E-state index contributed by atoms with van der Waals surface area (Å²) in [6.45, 7) is 4.95. The van der Waals surface area contributed by atoms with Crippen molar-refractivity contribution in [2.75, 3.05) is 38.5 Å². The number of anilines is 1. The summed E-state index contributed by atoms with van der Waals surface area (Å²) in [5.74, 6) is 0.377. The molecule has 11 nitrogen and oxygen atoms in total. The zero-order chi connectivity index (χ0) is 28.8. The molecule has 1 aromatic carbocycles. The van der Waals surface area contributed by atoms with Crippen molar-refractivity contribution in [3.05, 3.63) is 71.6 Å². The topological polar surface area (TPSA) is 119 Å². The molecule has 0 spiro atoms. The molecule has 216 valence electrons. The Morgan fingerprint density at radius 2 is 1.95 bits per heavy atom. The summed E-state index contributed by atoms with van der Waals surface area (Å²) in [7, 11) is 2.06. The maximum atomic E-state index is 14.2. The van der Waals surface area contributed by atoms with Gasteiger partial charge in [0.05, 0.1) is 18.4 Å². The molecular formula is C30H33FN10O. The predicted molar refractivity (Wildman–Crippen MR) is 158 cm³/mol. The van der Waals surface area contributed by atoms with Crippen LogP contribution in [-0.2, 0) is 12.8 Å². The number of pyridine rings is 1. The van der Waals surface area contributed by atoms with Gasteiger partial charge in [-0.3, -0.25) is 4.98 Å². The number of amides is 2. The normalized spacial score (nSPS) is 18.3. The number of H-pyrrole nitrogens is 1. The van der Waals surface area contributed by atoms with E-state index < -0.39 is 5.82 Å². The second-order valence-electron chi connectivity index (χ2n) is 11.3. The van der Waals surface area contributed by atoms with Crippen LogP contribution in [-0.4, -0.2) is 84.6 Å². The number of aromatic nitrogens is 6. The van der Waals surface area contributed by atoms with Gasteiger partial charge in [-0.1, -0.05) is 18.2 Å². The standard InChI is InChI=1S/C30H33FN10O/c1-18(34-30(42)40-11-9-39(2)10-12-40)24-17-33-41-28(24)37-27(19-13-20(31)16-32-15-19)38-29(41)35-21-7-8-26-23(14-21)22-5-3-4-6-25(22)36-26/h3-6,13,15-18,21,36H,7-12,14H2,1-2H3,(H,34,42)(H,35,37,38). The van der Waals surface area contributed by atoms with E-state index in [1.807, 2.05) is 17.9 Å². The number of nitrogens with one attached hydrogen (secondary N) is 3. The van der Waals surface area contributed by atoms with E-state index in [0.29, 0.717) is 36.1 Å². The highest BCUT2D eigenvalue weighted by Gasteiger charge is 2.26. The monoisotopic (exact) mass is 568 g/mol. The predicted octanol–water partition coefficient (Wildman–Crippen LogP) is 3.79. The molecule has 2 amide bonds. The first-order valence-electron chi connectivity index (χ1n) is 14.4. The van der Waals surface area contributed by atoms with Crippen molar-refractivity contribution in [2.24, 2.45) is 0 Å². The molecule has 0 bridgehead atoms. The Bertz CT molecular complexity index is 1770. The van der Waals surface area contributed by atoms with Crippen LogP contribution in [0.3, 0.4) is 0 Å². The maximum absolute atomic E-state index is 14.2. The molecule has 5 heterocycles. The lowest BCUT2D eigenvalue weighted by Crippen LogP contribution is -2.51. The largest absolute Gasteiger partial charge is 0.358 e. The number of aryl methyl sites for hydroxylation is 1. The van der Waals surface area contributed by atoms with Crippen molar-refractivity contribution in [2.45, 2.75) is 38.3 Å². The van der Waals surface area contributed by atoms with Crippen LogP contribution in [0.4, 0.5) is 15.1 Å². The summed E-state index contributed by atoms with van der Waals surface area (Å²) in [4.78, 5) is 34.2. The molecule has 1 aliphatic carbocycles. The lowest BCUT2D eigenvalue weighted by atomic mass is 9.91. The number of rotatable bonds is 5. The van der Waals surface area contributed by atoms with E-state index in [1.54, 1.807) is 16.9 Å². The number of carbonyl (C=O) groups excluding carboxylic acids is 1. The Hall–Kier alpha value is -4.58. The van der Waals surface area contributed by atoms with E-state index >= 15 is 0 Å². The van der Waals surface area contributed by atoms with Crippen molar-refractivity contribution >= 4 is 28.5 Å². The van der Waals surface area contributed by atoms with Crippen LogP contribution in [0.2, 0.25) is 0 Å². The van der Waals surface area contributed by atoms with Gasteiger partial charge in [0.2, 0.25) is 5.95 Å². The summed E-state index contributed by atoms with van der Waals surface area (Å²) >= 11 is 0. The second-order valence-corrected chi connectivity index (χ2v) is 11.3. The van der Waals surface area contributed by atoms with Crippen LogP contribution < -0.4 is 10.6 Å². The summed E-state index contributed by atoms with van der Waals surface area (Å²) in [6.07, 6.45) is 7.07. The summed E-state index contributed by atoms with van der Waals surface area (Å²) in [6, 6.07) is 9.38. The maximum Gasteiger partial charge on any atom is 0.317 e. The van der Waals surface area contributed by atoms with E-state index in [-0.39, 0.29) is 18.1 Å². The molecule has 2 atom stereocenters. The Balaban J connectivity index is 1.21. The minimum absolute atomic E-state index is 0.107.